The quantitative estimate of drug-likeness (QED) is 0.839. The molecule has 0 saturated carbocycles. The first-order valence-corrected chi connectivity index (χ1v) is 5.27. The topological polar surface area (TPSA) is 85.9 Å². The monoisotopic (exact) mass is 251 g/mol. The summed E-state index contributed by atoms with van der Waals surface area (Å²) in [5, 5.41) is 11.2. The number of halogens is 1. The summed E-state index contributed by atoms with van der Waals surface area (Å²) in [6.07, 6.45) is 0. The molecule has 88 valence electrons. The van der Waals surface area contributed by atoms with Gasteiger partial charge in [0.05, 0.1) is 17.0 Å². The van der Waals surface area contributed by atoms with E-state index in [9.17, 15) is 14.7 Å². The van der Waals surface area contributed by atoms with Crippen LogP contribution in [0.3, 0.4) is 0 Å². The zero-order valence-corrected chi connectivity index (χ0v) is 9.62. The van der Waals surface area contributed by atoms with Gasteiger partial charge in [0.25, 0.3) is 5.56 Å². The van der Waals surface area contributed by atoms with Crippen LogP contribution in [0.1, 0.15) is 18.5 Å². The fourth-order valence-corrected chi connectivity index (χ4v) is 1.65. The highest BCUT2D eigenvalue weighted by molar-refractivity contribution is 6.31. The first-order chi connectivity index (χ1) is 7.99. The van der Waals surface area contributed by atoms with Crippen LogP contribution in [0.2, 0.25) is 5.02 Å². The highest BCUT2D eigenvalue weighted by Crippen LogP contribution is 2.16. The Bertz CT molecular complexity index is 651. The summed E-state index contributed by atoms with van der Waals surface area (Å²) in [6.45, 7) is 1.36. The molecule has 1 aromatic heterocycles. The van der Waals surface area contributed by atoms with Crippen molar-refractivity contribution < 1.29 is 9.90 Å². The van der Waals surface area contributed by atoms with E-state index in [1.165, 1.54) is 6.92 Å². The smallest absolute Gasteiger partial charge is 0.270 e. The molecule has 1 aromatic carbocycles. The third-order valence-electron chi connectivity index (χ3n) is 2.44. The Morgan fingerprint density at radius 1 is 1.53 bits per heavy atom. The predicted octanol–water partition coefficient (Wildman–Crippen LogP) is 0.430. The molecule has 0 aliphatic rings. The summed E-state index contributed by atoms with van der Waals surface area (Å²) in [4.78, 5) is 28.9. The number of aliphatic carboxylic acids is 1. The third-order valence-corrected chi connectivity index (χ3v) is 2.68. The lowest BCUT2D eigenvalue weighted by atomic mass is 10.1. The number of carboxylic acid groups (broad SMARTS) is 1. The molecule has 0 bridgehead atoms. The number of fused-ring (bicyclic) bond motifs is 1. The van der Waals surface area contributed by atoms with Gasteiger partial charge in [0.15, 0.2) is 0 Å². The van der Waals surface area contributed by atoms with Crippen LogP contribution in [0.4, 0.5) is 0 Å². The van der Waals surface area contributed by atoms with Gasteiger partial charge < -0.3 is 14.9 Å². The van der Waals surface area contributed by atoms with Crippen LogP contribution in [-0.2, 0) is 4.79 Å². The molecule has 6 heteroatoms. The number of rotatable bonds is 2. The van der Waals surface area contributed by atoms with Crippen LogP contribution in [-0.4, -0.2) is 15.9 Å². The molecule has 2 aromatic rings. The van der Waals surface area contributed by atoms with Crippen molar-refractivity contribution in [1.29, 1.82) is 0 Å². The number of aromatic amines is 1. The number of hydrogen-bond acceptors (Lipinski definition) is 4. The van der Waals surface area contributed by atoms with Gasteiger partial charge in [-0.2, -0.15) is 0 Å². The van der Waals surface area contributed by atoms with Crippen molar-refractivity contribution >= 4 is 28.6 Å². The molecular weight excluding hydrogens is 244 g/mol. The van der Waals surface area contributed by atoms with E-state index >= 15 is 0 Å². The van der Waals surface area contributed by atoms with Gasteiger partial charge in [0.1, 0.15) is 5.69 Å². The highest BCUT2D eigenvalue weighted by atomic mass is 35.5. The number of benzene rings is 1. The largest absolute Gasteiger partial charge is 0.549 e. The summed E-state index contributed by atoms with van der Waals surface area (Å²) in [6, 6.07) is 4.78. The normalized spacial score (nSPS) is 12.6. The Balaban J connectivity index is 2.68. The molecule has 1 unspecified atom stereocenters. The molecule has 2 rings (SSSR count). The number of aromatic nitrogens is 2. The Morgan fingerprint density at radius 3 is 2.88 bits per heavy atom. The lowest BCUT2D eigenvalue weighted by molar-refractivity contribution is -0.307. The Labute approximate surface area is 101 Å². The first-order valence-electron chi connectivity index (χ1n) is 4.89. The van der Waals surface area contributed by atoms with E-state index in [-0.39, 0.29) is 5.69 Å². The fourth-order valence-electron chi connectivity index (χ4n) is 1.48. The number of carbonyl (C=O) groups excluding carboxylic acids is 1. The van der Waals surface area contributed by atoms with Gasteiger partial charge in [-0.25, -0.2) is 4.98 Å². The van der Waals surface area contributed by atoms with Crippen LogP contribution in [0.15, 0.2) is 23.0 Å². The van der Waals surface area contributed by atoms with E-state index in [1.54, 1.807) is 18.2 Å². The van der Waals surface area contributed by atoms with Crippen molar-refractivity contribution in [3.63, 3.8) is 0 Å². The number of nitrogens with one attached hydrogen (secondary N) is 1. The van der Waals surface area contributed by atoms with Crippen LogP contribution >= 0.6 is 11.6 Å². The number of H-pyrrole nitrogens is 1. The minimum Gasteiger partial charge on any atom is -0.549 e. The van der Waals surface area contributed by atoms with Crippen molar-refractivity contribution in [2.24, 2.45) is 0 Å². The molecule has 0 fully saturated rings. The molecule has 0 saturated heterocycles. The molecule has 0 aliphatic carbocycles. The zero-order chi connectivity index (χ0) is 12.6. The zero-order valence-electron chi connectivity index (χ0n) is 8.86. The third kappa shape index (κ3) is 2.14. The minimum atomic E-state index is -1.34. The van der Waals surface area contributed by atoms with E-state index in [0.717, 1.165) is 0 Å². The molecule has 1 atom stereocenters. The van der Waals surface area contributed by atoms with Crippen LogP contribution in [0.5, 0.6) is 0 Å². The second-order valence-corrected chi connectivity index (χ2v) is 4.09. The van der Waals surface area contributed by atoms with Crippen molar-refractivity contribution in [2.45, 2.75) is 12.8 Å². The predicted molar refractivity (Wildman–Crippen MR) is 60.8 cm³/mol. The van der Waals surface area contributed by atoms with E-state index in [4.69, 9.17) is 11.6 Å². The van der Waals surface area contributed by atoms with Crippen molar-refractivity contribution in [1.82, 2.24) is 9.97 Å². The molecule has 0 aliphatic heterocycles. The lowest BCUT2D eigenvalue weighted by Gasteiger charge is -2.11. The molecule has 0 radical (unpaired) electrons. The van der Waals surface area contributed by atoms with Gasteiger partial charge in [-0.1, -0.05) is 18.5 Å². The van der Waals surface area contributed by atoms with E-state index in [0.29, 0.717) is 16.1 Å². The maximum absolute atomic E-state index is 11.6. The second kappa shape index (κ2) is 4.18. The minimum absolute atomic E-state index is 0.0696. The lowest BCUT2D eigenvalue weighted by Crippen LogP contribution is -2.32. The maximum atomic E-state index is 11.6. The average molecular weight is 252 g/mol. The molecule has 1 N–H and O–H groups in total. The summed E-state index contributed by atoms with van der Waals surface area (Å²) >= 11 is 5.77. The van der Waals surface area contributed by atoms with Crippen LogP contribution in [0.25, 0.3) is 11.0 Å². The van der Waals surface area contributed by atoms with Gasteiger partial charge in [-0.05, 0) is 18.2 Å². The van der Waals surface area contributed by atoms with E-state index in [2.05, 4.69) is 9.97 Å². The average Bonchev–Trinajstić information content (AvgIpc) is 2.27. The number of hydrogen-bond donors (Lipinski definition) is 1. The Kier molecular flexibility index (Phi) is 2.85. The fraction of sp³-hybridized carbons (Fsp3) is 0.182. The molecule has 0 spiro atoms. The molecule has 1 heterocycles. The van der Waals surface area contributed by atoms with Gasteiger partial charge in [0, 0.05) is 10.9 Å². The van der Waals surface area contributed by atoms with E-state index < -0.39 is 17.4 Å². The first kappa shape index (κ1) is 11.6. The number of carboxylic acids is 1. The Hall–Kier alpha value is -1.88. The molecule has 17 heavy (non-hydrogen) atoms. The molecular formula is C11H8ClN2O3-. The van der Waals surface area contributed by atoms with Gasteiger partial charge in [0.2, 0.25) is 0 Å². The summed E-state index contributed by atoms with van der Waals surface area (Å²) in [7, 11) is 0. The van der Waals surface area contributed by atoms with Gasteiger partial charge in [-0.3, -0.25) is 4.79 Å². The van der Waals surface area contributed by atoms with E-state index in [1.807, 2.05) is 0 Å². The van der Waals surface area contributed by atoms with Crippen LogP contribution in [0, 0.1) is 0 Å². The number of carbonyl (C=O) groups is 1. The summed E-state index contributed by atoms with van der Waals surface area (Å²) in [5.41, 5.74) is 0.338. The maximum Gasteiger partial charge on any atom is 0.270 e. The van der Waals surface area contributed by atoms with Crippen molar-refractivity contribution in [3.05, 3.63) is 39.3 Å². The molecule has 5 nitrogen and oxygen atoms in total. The SMILES string of the molecule is CC(C(=O)[O-])c1nc2ccc(Cl)cc2[nH]c1=O. The summed E-state index contributed by atoms with van der Waals surface area (Å²) < 4.78 is 0. The Morgan fingerprint density at radius 2 is 2.24 bits per heavy atom. The standard InChI is InChI=1S/C11H9ClN2O3/c1-5(11(16)17)9-10(15)14-8-4-6(12)2-3-7(8)13-9/h2-5H,1H3,(H,14,15)(H,16,17)/p-1. The number of nitrogens with zero attached hydrogens (tertiary/aromatic N) is 1. The van der Waals surface area contributed by atoms with Crippen molar-refractivity contribution in [3.8, 4) is 0 Å². The van der Waals surface area contributed by atoms with Crippen molar-refractivity contribution in [2.75, 3.05) is 0 Å². The van der Waals surface area contributed by atoms with Gasteiger partial charge >= 0.3 is 0 Å². The van der Waals surface area contributed by atoms with Crippen LogP contribution < -0.4 is 10.7 Å². The van der Waals surface area contributed by atoms with Gasteiger partial charge in [-0.15, -0.1) is 0 Å². The highest BCUT2D eigenvalue weighted by Gasteiger charge is 2.13. The molecule has 0 amide bonds. The summed E-state index contributed by atoms with van der Waals surface area (Å²) in [5.74, 6) is -2.39. The second-order valence-electron chi connectivity index (χ2n) is 3.65.